The van der Waals surface area contributed by atoms with Crippen molar-refractivity contribution in [2.45, 2.75) is 13.3 Å². The molecule has 8 heteroatoms. The number of anilines is 1. The van der Waals surface area contributed by atoms with Crippen molar-refractivity contribution in [3.63, 3.8) is 0 Å². The van der Waals surface area contributed by atoms with Crippen LogP contribution in [0.3, 0.4) is 0 Å². The number of amides is 4. The van der Waals surface area contributed by atoms with Gasteiger partial charge in [-0.25, -0.2) is 4.79 Å². The summed E-state index contributed by atoms with van der Waals surface area (Å²) >= 11 is 0. The van der Waals surface area contributed by atoms with Crippen molar-refractivity contribution in [2.24, 2.45) is 0 Å². The zero-order valence-corrected chi connectivity index (χ0v) is 14.2. The fourth-order valence-electron chi connectivity index (χ4n) is 1.90. The van der Waals surface area contributed by atoms with E-state index < -0.39 is 11.9 Å². The average molecular weight is 336 g/mol. The van der Waals surface area contributed by atoms with Gasteiger partial charge in [-0.1, -0.05) is 13.0 Å². The first-order chi connectivity index (χ1) is 11.4. The second kappa shape index (κ2) is 10.2. The topological polar surface area (TPSA) is 99.8 Å². The molecule has 1 rings (SSSR count). The summed E-state index contributed by atoms with van der Waals surface area (Å²) in [4.78, 5) is 36.5. The maximum Gasteiger partial charge on any atom is 0.321 e. The first kappa shape index (κ1) is 19.4. The van der Waals surface area contributed by atoms with Crippen LogP contribution in [0, 0.1) is 0 Å². The predicted octanol–water partition coefficient (Wildman–Crippen LogP) is 0.801. The van der Waals surface area contributed by atoms with Crippen LogP contribution in [-0.4, -0.2) is 56.5 Å². The second-order valence-electron chi connectivity index (χ2n) is 5.26. The minimum Gasteiger partial charge on any atom is -0.497 e. The molecular weight excluding hydrogens is 312 g/mol. The summed E-state index contributed by atoms with van der Waals surface area (Å²) in [6.07, 6.45) is 0.784. The molecule has 0 bridgehead atoms. The van der Waals surface area contributed by atoms with Crippen LogP contribution in [0.2, 0.25) is 0 Å². The van der Waals surface area contributed by atoms with Crippen LogP contribution in [0.1, 0.15) is 13.3 Å². The van der Waals surface area contributed by atoms with E-state index in [1.165, 1.54) is 4.90 Å². The highest BCUT2D eigenvalue weighted by molar-refractivity contribution is 5.96. The minimum atomic E-state index is -0.531. The third-order valence-corrected chi connectivity index (χ3v) is 2.97. The number of imide groups is 1. The Morgan fingerprint density at radius 3 is 2.54 bits per heavy atom. The first-order valence-electron chi connectivity index (χ1n) is 7.64. The average Bonchev–Trinajstić information content (AvgIpc) is 2.52. The second-order valence-corrected chi connectivity index (χ2v) is 5.26. The number of urea groups is 1. The molecule has 0 saturated heterocycles. The van der Waals surface area contributed by atoms with Crippen molar-refractivity contribution in [3.8, 4) is 5.75 Å². The van der Waals surface area contributed by atoms with Crippen molar-refractivity contribution < 1.29 is 19.1 Å². The van der Waals surface area contributed by atoms with Gasteiger partial charge in [0.2, 0.25) is 11.8 Å². The molecule has 0 radical (unpaired) electrons. The highest BCUT2D eigenvalue weighted by Crippen LogP contribution is 2.16. The smallest absolute Gasteiger partial charge is 0.321 e. The molecule has 8 nitrogen and oxygen atoms in total. The molecule has 1 aromatic carbocycles. The van der Waals surface area contributed by atoms with E-state index >= 15 is 0 Å². The predicted molar refractivity (Wildman–Crippen MR) is 91.0 cm³/mol. The van der Waals surface area contributed by atoms with Gasteiger partial charge in [-0.2, -0.15) is 0 Å². The molecule has 24 heavy (non-hydrogen) atoms. The van der Waals surface area contributed by atoms with Crippen LogP contribution in [0.25, 0.3) is 0 Å². The summed E-state index contributed by atoms with van der Waals surface area (Å²) < 4.78 is 5.08. The molecule has 0 atom stereocenters. The number of nitrogens with one attached hydrogen (secondary N) is 3. The lowest BCUT2D eigenvalue weighted by molar-refractivity contribution is -0.122. The van der Waals surface area contributed by atoms with Gasteiger partial charge in [-0.05, 0) is 25.6 Å². The third-order valence-electron chi connectivity index (χ3n) is 2.97. The Morgan fingerprint density at radius 2 is 1.88 bits per heavy atom. The van der Waals surface area contributed by atoms with Gasteiger partial charge in [0.25, 0.3) is 0 Å². The minimum absolute atomic E-state index is 0.0151. The highest BCUT2D eigenvalue weighted by Gasteiger charge is 2.13. The molecule has 0 aliphatic carbocycles. The lowest BCUT2D eigenvalue weighted by Crippen LogP contribution is -2.45. The molecular formula is C16H24N4O4. The molecule has 0 spiro atoms. The Labute approximate surface area is 141 Å². The number of hydrogen-bond donors (Lipinski definition) is 3. The Hall–Kier alpha value is -2.61. The number of likely N-dealkylation sites (N-methyl/N-ethyl adjacent to an activating group) is 1. The maximum atomic E-state index is 12.0. The fourth-order valence-corrected chi connectivity index (χ4v) is 1.90. The van der Waals surface area contributed by atoms with E-state index in [0.29, 0.717) is 18.0 Å². The van der Waals surface area contributed by atoms with Gasteiger partial charge in [-0.3, -0.25) is 19.8 Å². The van der Waals surface area contributed by atoms with Crippen LogP contribution < -0.4 is 20.7 Å². The SMILES string of the molecule is CCCNC(=O)NC(=O)CN(C)CC(=O)Nc1cccc(OC)c1. The zero-order valence-electron chi connectivity index (χ0n) is 14.2. The van der Waals surface area contributed by atoms with Crippen LogP contribution in [0.4, 0.5) is 10.5 Å². The number of methoxy groups -OCH3 is 1. The van der Waals surface area contributed by atoms with Gasteiger partial charge in [0, 0.05) is 18.3 Å². The number of benzene rings is 1. The molecule has 0 aliphatic heterocycles. The van der Waals surface area contributed by atoms with Crippen molar-refractivity contribution in [1.82, 2.24) is 15.5 Å². The van der Waals surface area contributed by atoms with Crippen LogP contribution in [0.5, 0.6) is 5.75 Å². The number of carbonyl (C=O) groups excluding carboxylic acids is 3. The third kappa shape index (κ3) is 7.59. The molecule has 0 aromatic heterocycles. The Kier molecular flexibility index (Phi) is 8.28. The van der Waals surface area contributed by atoms with E-state index in [1.54, 1.807) is 38.4 Å². The van der Waals surface area contributed by atoms with E-state index in [2.05, 4.69) is 16.0 Å². The lowest BCUT2D eigenvalue weighted by Gasteiger charge is -2.16. The van der Waals surface area contributed by atoms with Crippen molar-refractivity contribution in [1.29, 1.82) is 0 Å². The van der Waals surface area contributed by atoms with Gasteiger partial charge >= 0.3 is 6.03 Å². The molecule has 0 saturated carbocycles. The van der Waals surface area contributed by atoms with Crippen molar-refractivity contribution in [3.05, 3.63) is 24.3 Å². The zero-order chi connectivity index (χ0) is 17.9. The molecule has 3 N–H and O–H groups in total. The number of nitrogens with zero attached hydrogens (tertiary/aromatic N) is 1. The van der Waals surface area contributed by atoms with Gasteiger partial charge in [0.15, 0.2) is 0 Å². The largest absolute Gasteiger partial charge is 0.497 e. The number of carbonyl (C=O) groups is 3. The molecule has 0 aliphatic rings. The van der Waals surface area contributed by atoms with E-state index in [0.717, 1.165) is 6.42 Å². The van der Waals surface area contributed by atoms with Crippen molar-refractivity contribution in [2.75, 3.05) is 39.1 Å². The summed E-state index contributed by atoms with van der Waals surface area (Å²) in [6, 6.07) is 6.44. The van der Waals surface area contributed by atoms with Crippen LogP contribution >= 0.6 is 0 Å². The Morgan fingerprint density at radius 1 is 1.17 bits per heavy atom. The lowest BCUT2D eigenvalue weighted by atomic mass is 10.3. The summed E-state index contributed by atoms with van der Waals surface area (Å²) in [5, 5.41) is 7.46. The first-order valence-corrected chi connectivity index (χ1v) is 7.64. The normalized spacial score (nSPS) is 10.2. The van der Waals surface area contributed by atoms with Crippen molar-refractivity contribution >= 4 is 23.5 Å². The van der Waals surface area contributed by atoms with Crippen LogP contribution in [0.15, 0.2) is 24.3 Å². The monoisotopic (exact) mass is 336 g/mol. The summed E-state index contributed by atoms with van der Waals surface area (Å²) in [7, 11) is 3.17. The summed E-state index contributed by atoms with van der Waals surface area (Å²) in [6.45, 7) is 2.36. The molecule has 0 fully saturated rings. The van der Waals surface area contributed by atoms with Gasteiger partial charge in [0.1, 0.15) is 5.75 Å². The molecule has 0 heterocycles. The number of rotatable bonds is 8. The molecule has 1 aromatic rings. The highest BCUT2D eigenvalue weighted by atomic mass is 16.5. The summed E-state index contributed by atoms with van der Waals surface area (Å²) in [5.41, 5.74) is 0.608. The Balaban J connectivity index is 2.38. The fraction of sp³-hybridized carbons (Fsp3) is 0.438. The molecule has 4 amide bonds. The maximum absolute atomic E-state index is 12.0. The van der Waals surface area contributed by atoms with E-state index in [9.17, 15) is 14.4 Å². The van der Waals surface area contributed by atoms with Gasteiger partial charge < -0.3 is 15.4 Å². The van der Waals surface area contributed by atoms with Gasteiger partial charge in [0.05, 0.1) is 20.2 Å². The standard InChI is InChI=1S/C16H24N4O4/c1-4-8-17-16(23)19-15(22)11-20(2)10-14(21)18-12-6-5-7-13(9-12)24-3/h5-7,9H,4,8,10-11H2,1-3H3,(H,18,21)(H2,17,19,22,23). The molecule has 132 valence electrons. The van der Waals surface area contributed by atoms with Gasteiger partial charge in [-0.15, -0.1) is 0 Å². The Bertz CT molecular complexity index is 577. The summed E-state index contributed by atoms with van der Waals surface area (Å²) in [5.74, 6) is -0.104. The molecule has 0 unspecified atom stereocenters. The van der Waals surface area contributed by atoms with E-state index in [-0.39, 0.29) is 19.0 Å². The van der Waals surface area contributed by atoms with E-state index in [1.807, 2.05) is 6.92 Å². The number of ether oxygens (including phenoxy) is 1. The van der Waals surface area contributed by atoms with E-state index in [4.69, 9.17) is 4.74 Å². The quantitative estimate of drug-likeness (QED) is 0.652. The number of hydrogen-bond acceptors (Lipinski definition) is 5. The van der Waals surface area contributed by atoms with Crippen LogP contribution in [-0.2, 0) is 9.59 Å².